The van der Waals surface area contributed by atoms with E-state index >= 15 is 0 Å². The zero-order chi connectivity index (χ0) is 28.3. The van der Waals surface area contributed by atoms with E-state index in [2.05, 4.69) is 15.5 Å². The standard InChI is InChI=1S/C31H30ClN5O2S/c1-22-16-23(2)31(24(3)17-22)40(38,39)36(15-14-25-6-4-8-29(32)18-25)20-26-10-12-27(13-11-26)28-7-5-9-30(19-28)37-21-33-34-35-37/h4-13,16-19,21H,14-15,20H2,1-3H3. The predicted octanol–water partition coefficient (Wildman–Crippen LogP) is 6.34. The van der Waals surface area contributed by atoms with Crippen LogP contribution in [0.4, 0.5) is 0 Å². The second-order valence-corrected chi connectivity index (χ2v) is 12.3. The maximum Gasteiger partial charge on any atom is 0.243 e. The number of hydrogen-bond donors (Lipinski definition) is 0. The van der Waals surface area contributed by atoms with E-state index in [1.54, 1.807) is 15.3 Å². The largest absolute Gasteiger partial charge is 0.243 e. The van der Waals surface area contributed by atoms with Crippen molar-refractivity contribution in [1.82, 2.24) is 24.5 Å². The van der Waals surface area contributed by atoms with Gasteiger partial charge < -0.3 is 0 Å². The molecule has 0 saturated carbocycles. The SMILES string of the molecule is Cc1cc(C)c(S(=O)(=O)N(CCc2cccc(Cl)c2)Cc2ccc(-c3cccc(-n4cnnn4)c3)cc2)c(C)c1. The van der Waals surface area contributed by atoms with Crippen molar-refractivity contribution in [1.29, 1.82) is 0 Å². The summed E-state index contributed by atoms with van der Waals surface area (Å²) < 4.78 is 31.4. The van der Waals surface area contributed by atoms with Crippen molar-refractivity contribution >= 4 is 21.6 Å². The summed E-state index contributed by atoms with van der Waals surface area (Å²) in [6.45, 7) is 6.28. The molecule has 1 heterocycles. The van der Waals surface area contributed by atoms with Crippen molar-refractivity contribution in [3.05, 3.63) is 124 Å². The van der Waals surface area contributed by atoms with Crippen LogP contribution in [0.1, 0.15) is 27.8 Å². The van der Waals surface area contributed by atoms with E-state index in [1.165, 1.54) is 0 Å². The molecule has 0 aliphatic heterocycles. The van der Waals surface area contributed by atoms with Gasteiger partial charge in [0, 0.05) is 18.1 Å². The maximum atomic E-state index is 14.1. The van der Waals surface area contributed by atoms with E-state index in [9.17, 15) is 8.42 Å². The molecule has 0 bridgehead atoms. The lowest BCUT2D eigenvalue weighted by molar-refractivity contribution is 0.409. The number of aromatic nitrogens is 4. The van der Waals surface area contributed by atoms with Crippen molar-refractivity contribution < 1.29 is 8.42 Å². The number of hydrogen-bond acceptors (Lipinski definition) is 5. The lowest BCUT2D eigenvalue weighted by Gasteiger charge is -2.25. The van der Waals surface area contributed by atoms with Crippen LogP contribution in [-0.2, 0) is 23.0 Å². The molecule has 40 heavy (non-hydrogen) atoms. The molecule has 0 N–H and O–H groups in total. The molecule has 0 aliphatic carbocycles. The van der Waals surface area contributed by atoms with Crippen LogP contribution < -0.4 is 0 Å². The Morgan fingerprint density at radius 2 is 1.55 bits per heavy atom. The molecule has 0 aliphatic rings. The number of benzene rings is 4. The van der Waals surface area contributed by atoms with Gasteiger partial charge in [-0.1, -0.05) is 77.8 Å². The Balaban J connectivity index is 1.44. The van der Waals surface area contributed by atoms with Gasteiger partial charge in [0.05, 0.1) is 10.6 Å². The number of rotatable bonds is 9. The average molecular weight is 572 g/mol. The summed E-state index contributed by atoms with van der Waals surface area (Å²) in [6, 6.07) is 27.3. The molecule has 0 spiro atoms. The van der Waals surface area contributed by atoms with Crippen LogP contribution in [-0.4, -0.2) is 39.5 Å². The zero-order valence-electron chi connectivity index (χ0n) is 22.6. The second kappa shape index (κ2) is 11.7. The highest BCUT2D eigenvalue weighted by molar-refractivity contribution is 7.89. The van der Waals surface area contributed by atoms with Gasteiger partial charge in [0.15, 0.2) is 0 Å². The first-order valence-electron chi connectivity index (χ1n) is 13.0. The van der Waals surface area contributed by atoms with Gasteiger partial charge in [-0.05, 0) is 95.3 Å². The Morgan fingerprint density at radius 1 is 0.825 bits per heavy atom. The Kier molecular flexibility index (Phi) is 8.12. The molecular weight excluding hydrogens is 542 g/mol. The summed E-state index contributed by atoms with van der Waals surface area (Å²) in [5.74, 6) is 0. The van der Waals surface area contributed by atoms with Crippen molar-refractivity contribution in [2.75, 3.05) is 6.54 Å². The number of tetrazole rings is 1. The van der Waals surface area contributed by atoms with Crippen molar-refractivity contribution in [2.24, 2.45) is 0 Å². The Hall–Kier alpha value is -3.85. The van der Waals surface area contributed by atoms with Crippen molar-refractivity contribution in [3.8, 4) is 16.8 Å². The van der Waals surface area contributed by atoms with Crippen LogP contribution in [0.2, 0.25) is 5.02 Å². The smallest absolute Gasteiger partial charge is 0.207 e. The van der Waals surface area contributed by atoms with Crippen LogP contribution in [0, 0.1) is 20.8 Å². The third-order valence-electron chi connectivity index (χ3n) is 6.85. The fraction of sp³-hybridized carbons (Fsp3) is 0.194. The zero-order valence-corrected chi connectivity index (χ0v) is 24.2. The van der Waals surface area contributed by atoms with Crippen LogP contribution >= 0.6 is 11.6 Å². The molecule has 9 heteroatoms. The normalized spacial score (nSPS) is 11.7. The lowest BCUT2D eigenvalue weighted by Crippen LogP contribution is -2.33. The van der Waals surface area contributed by atoms with Gasteiger partial charge in [0.1, 0.15) is 6.33 Å². The number of sulfonamides is 1. The summed E-state index contributed by atoms with van der Waals surface area (Å²) in [6.07, 6.45) is 2.10. The predicted molar refractivity (Wildman–Crippen MR) is 158 cm³/mol. The molecular formula is C31H30ClN5O2S. The molecule has 0 unspecified atom stereocenters. The van der Waals surface area contributed by atoms with Gasteiger partial charge in [-0.3, -0.25) is 0 Å². The van der Waals surface area contributed by atoms with E-state index in [-0.39, 0.29) is 6.54 Å². The highest BCUT2D eigenvalue weighted by Crippen LogP contribution is 2.28. The molecule has 4 aromatic carbocycles. The van der Waals surface area contributed by atoms with Gasteiger partial charge in [0.25, 0.3) is 0 Å². The quantitative estimate of drug-likeness (QED) is 0.206. The van der Waals surface area contributed by atoms with E-state index in [1.807, 2.05) is 106 Å². The maximum absolute atomic E-state index is 14.1. The molecule has 7 nitrogen and oxygen atoms in total. The molecule has 0 atom stereocenters. The Bertz CT molecular complexity index is 1710. The topological polar surface area (TPSA) is 81.0 Å². The average Bonchev–Trinajstić information content (AvgIpc) is 3.46. The number of halogens is 1. The van der Waals surface area contributed by atoms with Crippen molar-refractivity contribution in [2.45, 2.75) is 38.6 Å². The third-order valence-corrected chi connectivity index (χ3v) is 9.23. The minimum Gasteiger partial charge on any atom is -0.207 e. The number of aryl methyl sites for hydroxylation is 3. The van der Waals surface area contributed by atoms with Gasteiger partial charge in [-0.15, -0.1) is 5.10 Å². The molecule has 0 fully saturated rings. The van der Waals surface area contributed by atoms with E-state index < -0.39 is 10.0 Å². The van der Waals surface area contributed by atoms with Crippen LogP contribution in [0.3, 0.4) is 0 Å². The summed E-state index contributed by atoms with van der Waals surface area (Å²) in [4.78, 5) is 0.375. The molecule has 204 valence electrons. The second-order valence-electron chi connectivity index (χ2n) is 9.95. The minimum atomic E-state index is -3.77. The highest BCUT2D eigenvalue weighted by atomic mass is 35.5. The third kappa shape index (κ3) is 6.14. The minimum absolute atomic E-state index is 0.251. The monoisotopic (exact) mass is 571 g/mol. The molecule has 1 aromatic heterocycles. The molecule has 0 radical (unpaired) electrons. The molecule has 0 amide bonds. The van der Waals surface area contributed by atoms with E-state index in [0.29, 0.717) is 22.9 Å². The van der Waals surface area contributed by atoms with Crippen molar-refractivity contribution in [3.63, 3.8) is 0 Å². The molecule has 5 aromatic rings. The lowest BCUT2D eigenvalue weighted by atomic mass is 10.0. The van der Waals surface area contributed by atoms with Crippen LogP contribution in [0.15, 0.2) is 96.2 Å². The first-order valence-corrected chi connectivity index (χ1v) is 14.8. The highest BCUT2D eigenvalue weighted by Gasteiger charge is 2.28. The van der Waals surface area contributed by atoms with Gasteiger partial charge in [0.2, 0.25) is 10.0 Å². The molecule has 5 rings (SSSR count). The van der Waals surface area contributed by atoms with Crippen LogP contribution in [0.25, 0.3) is 16.8 Å². The van der Waals surface area contributed by atoms with Gasteiger partial charge >= 0.3 is 0 Å². The summed E-state index contributed by atoms with van der Waals surface area (Å²) >= 11 is 6.19. The van der Waals surface area contributed by atoms with E-state index in [4.69, 9.17) is 11.6 Å². The van der Waals surface area contributed by atoms with Gasteiger partial charge in [-0.25, -0.2) is 13.1 Å². The molecule has 0 saturated heterocycles. The fourth-order valence-corrected chi connectivity index (χ4v) is 7.10. The van der Waals surface area contributed by atoms with Crippen LogP contribution in [0.5, 0.6) is 0 Å². The Morgan fingerprint density at radius 3 is 2.23 bits per heavy atom. The van der Waals surface area contributed by atoms with E-state index in [0.717, 1.165) is 44.6 Å². The van der Waals surface area contributed by atoms with Gasteiger partial charge in [-0.2, -0.15) is 4.31 Å². The number of nitrogens with zero attached hydrogens (tertiary/aromatic N) is 5. The summed E-state index contributed by atoms with van der Waals surface area (Å²) in [5, 5.41) is 12.0. The first-order chi connectivity index (χ1) is 19.2. The Labute approximate surface area is 240 Å². The first kappa shape index (κ1) is 27.7. The summed E-state index contributed by atoms with van der Waals surface area (Å²) in [7, 11) is -3.77. The fourth-order valence-electron chi connectivity index (χ4n) is 5.05. The summed E-state index contributed by atoms with van der Waals surface area (Å²) in [5.41, 5.74) is 7.31.